The molecule has 1 heterocycles. The van der Waals surface area contributed by atoms with Crippen LogP contribution in [-0.4, -0.2) is 19.0 Å². The van der Waals surface area contributed by atoms with Gasteiger partial charge in [0.05, 0.1) is 0 Å². The Morgan fingerprint density at radius 2 is 2.17 bits per heavy atom. The minimum Gasteiger partial charge on any atom is -0.369 e. The molecule has 0 radical (unpaired) electrons. The van der Waals surface area contributed by atoms with Gasteiger partial charge in [0.15, 0.2) is 0 Å². The van der Waals surface area contributed by atoms with Crippen LogP contribution in [0.4, 0.5) is 0 Å². The van der Waals surface area contributed by atoms with Crippen molar-refractivity contribution in [2.45, 2.75) is 32.1 Å². The normalized spacial score (nSPS) is 18.5. The van der Waals surface area contributed by atoms with Crippen molar-refractivity contribution in [2.24, 2.45) is 11.7 Å². The number of benzene rings is 1. The first-order chi connectivity index (χ1) is 8.66. The number of nitrogens with one attached hydrogen (secondary N) is 1. The molecule has 1 aliphatic heterocycles. The minimum atomic E-state index is -0.220. The largest absolute Gasteiger partial charge is 0.369 e. The molecule has 18 heavy (non-hydrogen) atoms. The molecule has 1 aromatic rings. The zero-order chi connectivity index (χ0) is 13.0. The number of primary amides is 1. The van der Waals surface area contributed by atoms with Gasteiger partial charge in [-0.2, -0.15) is 0 Å². The minimum absolute atomic E-state index is 0.0896. The summed E-state index contributed by atoms with van der Waals surface area (Å²) in [5, 5.41) is 3.39. The number of nitrogens with two attached hydrogens (primary N) is 1. The molecule has 1 aromatic carbocycles. The predicted molar refractivity (Wildman–Crippen MR) is 73.3 cm³/mol. The third-order valence-corrected chi connectivity index (χ3v) is 3.79. The van der Waals surface area contributed by atoms with E-state index in [0.717, 1.165) is 19.5 Å². The van der Waals surface area contributed by atoms with Crippen molar-refractivity contribution in [3.63, 3.8) is 0 Å². The van der Waals surface area contributed by atoms with E-state index in [2.05, 4.69) is 29.6 Å². The number of rotatable bonds is 4. The molecule has 0 saturated carbocycles. The first kappa shape index (κ1) is 13.1. The van der Waals surface area contributed by atoms with E-state index in [-0.39, 0.29) is 11.8 Å². The number of piperidine rings is 1. The highest BCUT2D eigenvalue weighted by molar-refractivity contribution is 5.76. The Bertz CT molecular complexity index is 411. The zero-order valence-electron chi connectivity index (χ0n) is 11.0. The Kier molecular flexibility index (Phi) is 4.37. The summed E-state index contributed by atoms with van der Waals surface area (Å²) in [6.07, 6.45) is 3.15. The van der Waals surface area contributed by atoms with Gasteiger partial charge in [0.1, 0.15) is 0 Å². The van der Waals surface area contributed by atoms with Gasteiger partial charge in [-0.15, -0.1) is 0 Å². The quantitative estimate of drug-likeness (QED) is 0.851. The fraction of sp³-hybridized carbons (Fsp3) is 0.533. The van der Waals surface area contributed by atoms with Crippen molar-refractivity contribution >= 4 is 5.91 Å². The number of carbonyl (C=O) groups excluding carboxylic acids is 1. The molecule has 0 aliphatic carbocycles. The first-order valence-electron chi connectivity index (χ1n) is 6.75. The Morgan fingerprint density at radius 1 is 1.44 bits per heavy atom. The van der Waals surface area contributed by atoms with Crippen LogP contribution in [0.25, 0.3) is 0 Å². The number of amides is 1. The first-order valence-corrected chi connectivity index (χ1v) is 6.75. The van der Waals surface area contributed by atoms with Crippen molar-refractivity contribution in [1.82, 2.24) is 5.32 Å². The van der Waals surface area contributed by atoms with Crippen LogP contribution in [0.1, 0.15) is 36.8 Å². The molecule has 2 rings (SSSR count). The molecule has 3 nitrogen and oxygen atoms in total. The van der Waals surface area contributed by atoms with Crippen LogP contribution in [-0.2, 0) is 11.2 Å². The molecule has 1 saturated heterocycles. The predicted octanol–water partition coefficient (Wildman–Crippen LogP) is 1.82. The second-order valence-electron chi connectivity index (χ2n) is 5.28. The van der Waals surface area contributed by atoms with E-state index in [4.69, 9.17) is 5.73 Å². The lowest BCUT2D eigenvalue weighted by atomic mass is 9.88. The Labute approximate surface area is 109 Å². The number of carbonyl (C=O) groups is 1. The molecule has 0 aromatic heterocycles. The molecule has 1 atom stereocenters. The summed E-state index contributed by atoms with van der Waals surface area (Å²) in [5.74, 6) is 0.352. The van der Waals surface area contributed by atoms with E-state index in [0.29, 0.717) is 5.92 Å². The van der Waals surface area contributed by atoms with Crippen molar-refractivity contribution in [3.8, 4) is 0 Å². The van der Waals surface area contributed by atoms with Gasteiger partial charge in [-0.3, -0.25) is 4.79 Å². The molecule has 1 amide bonds. The van der Waals surface area contributed by atoms with Gasteiger partial charge in [-0.1, -0.05) is 31.2 Å². The number of hydrogen-bond acceptors (Lipinski definition) is 2. The second-order valence-corrected chi connectivity index (χ2v) is 5.28. The van der Waals surface area contributed by atoms with E-state index >= 15 is 0 Å². The van der Waals surface area contributed by atoms with E-state index in [1.54, 1.807) is 0 Å². The second kappa shape index (κ2) is 6.01. The van der Waals surface area contributed by atoms with Crippen LogP contribution in [0.15, 0.2) is 24.3 Å². The maximum atomic E-state index is 11.1. The molecular formula is C15H22N2O. The SMILES string of the molecule is CC(Cc1cccc(C2CCNCC2)c1)C(N)=O. The highest BCUT2D eigenvalue weighted by Gasteiger charge is 2.16. The van der Waals surface area contributed by atoms with Gasteiger partial charge in [0, 0.05) is 5.92 Å². The van der Waals surface area contributed by atoms with Crippen LogP contribution >= 0.6 is 0 Å². The fourth-order valence-electron chi connectivity index (χ4n) is 2.58. The number of hydrogen-bond donors (Lipinski definition) is 2. The maximum absolute atomic E-state index is 11.1. The van der Waals surface area contributed by atoms with Crippen LogP contribution in [0.5, 0.6) is 0 Å². The van der Waals surface area contributed by atoms with Crippen LogP contribution in [0.3, 0.4) is 0 Å². The van der Waals surface area contributed by atoms with E-state index in [1.165, 1.54) is 24.0 Å². The summed E-state index contributed by atoms with van der Waals surface area (Å²) in [7, 11) is 0. The van der Waals surface area contributed by atoms with Gasteiger partial charge < -0.3 is 11.1 Å². The van der Waals surface area contributed by atoms with Crippen LogP contribution in [0.2, 0.25) is 0 Å². The molecule has 1 fully saturated rings. The average molecular weight is 246 g/mol. The van der Waals surface area contributed by atoms with Gasteiger partial charge in [-0.05, 0) is 49.4 Å². The fourth-order valence-corrected chi connectivity index (χ4v) is 2.58. The standard InChI is InChI=1S/C15H22N2O/c1-11(15(16)18)9-12-3-2-4-14(10-12)13-5-7-17-8-6-13/h2-4,10-11,13,17H,5-9H2,1H3,(H2,16,18). The van der Waals surface area contributed by atoms with Gasteiger partial charge in [0.2, 0.25) is 5.91 Å². The van der Waals surface area contributed by atoms with Crippen LogP contribution in [0, 0.1) is 5.92 Å². The molecule has 98 valence electrons. The lowest BCUT2D eigenvalue weighted by Gasteiger charge is -2.23. The lowest BCUT2D eigenvalue weighted by molar-refractivity contribution is -0.121. The van der Waals surface area contributed by atoms with Gasteiger partial charge in [0.25, 0.3) is 0 Å². The molecule has 3 heteroatoms. The van der Waals surface area contributed by atoms with E-state index in [1.807, 2.05) is 6.92 Å². The van der Waals surface area contributed by atoms with E-state index < -0.39 is 0 Å². The van der Waals surface area contributed by atoms with Gasteiger partial charge >= 0.3 is 0 Å². The molecule has 0 bridgehead atoms. The molecule has 1 aliphatic rings. The molecular weight excluding hydrogens is 224 g/mol. The van der Waals surface area contributed by atoms with Crippen molar-refractivity contribution < 1.29 is 4.79 Å². The summed E-state index contributed by atoms with van der Waals surface area (Å²) in [6.45, 7) is 4.10. The van der Waals surface area contributed by atoms with Crippen LogP contribution < -0.4 is 11.1 Å². The zero-order valence-corrected chi connectivity index (χ0v) is 11.0. The summed E-state index contributed by atoms with van der Waals surface area (Å²) in [6, 6.07) is 8.63. The van der Waals surface area contributed by atoms with Crippen molar-refractivity contribution in [1.29, 1.82) is 0 Å². The summed E-state index contributed by atoms with van der Waals surface area (Å²) >= 11 is 0. The highest BCUT2D eigenvalue weighted by Crippen LogP contribution is 2.26. The average Bonchev–Trinajstić information content (AvgIpc) is 2.40. The Balaban J connectivity index is 2.06. The maximum Gasteiger partial charge on any atom is 0.220 e. The molecule has 1 unspecified atom stereocenters. The highest BCUT2D eigenvalue weighted by atomic mass is 16.1. The molecule has 3 N–H and O–H groups in total. The summed E-state index contributed by atoms with van der Waals surface area (Å²) < 4.78 is 0. The topological polar surface area (TPSA) is 55.1 Å². The Morgan fingerprint density at radius 3 is 2.83 bits per heavy atom. The Hall–Kier alpha value is -1.35. The summed E-state index contributed by atoms with van der Waals surface area (Å²) in [5.41, 5.74) is 7.95. The lowest BCUT2D eigenvalue weighted by Crippen LogP contribution is -2.26. The smallest absolute Gasteiger partial charge is 0.220 e. The van der Waals surface area contributed by atoms with Gasteiger partial charge in [-0.25, -0.2) is 0 Å². The van der Waals surface area contributed by atoms with E-state index in [9.17, 15) is 4.79 Å². The third kappa shape index (κ3) is 3.33. The molecule has 0 spiro atoms. The van der Waals surface area contributed by atoms with Crippen molar-refractivity contribution in [3.05, 3.63) is 35.4 Å². The summed E-state index contributed by atoms with van der Waals surface area (Å²) in [4.78, 5) is 11.1. The third-order valence-electron chi connectivity index (χ3n) is 3.79. The van der Waals surface area contributed by atoms with Crippen molar-refractivity contribution in [2.75, 3.05) is 13.1 Å². The monoisotopic (exact) mass is 246 g/mol.